The molecule has 31 heavy (non-hydrogen) atoms. The van der Waals surface area contributed by atoms with Gasteiger partial charge in [0, 0.05) is 17.9 Å². The molecule has 0 spiro atoms. The van der Waals surface area contributed by atoms with E-state index in [1.165, 1.54) is 30.6 Å². The molecule has 1 amide bonds. The molecule has 3 aromatic rings. The summed E-state index contributed by atoms with van der Waals surface area (Å²) in [6.45, 7) is -0.538. The van der Waals surface area contributed by atoms with Crippen molar-refractivity contribution in [3.05, 3.63) is 59.0 Å². The maximum Gasteiger partial charge on any atom is 0.408 e. The minimum atomic E-state index is -4.41. The first-order valence-electron chi connectivity index (χ1n) is 9.01. The Balaban J connectivity index is 1.65. The van der Waals surface area contributed by atoms with Crippen LogP contribution in [0.25, 0.3) is 10.9 Å². The molecule has 0 aliphatic carbocycles. The number of halogens is 5. The number of nitriles is 1. The predicted octanol–water partition coefficient (Wildman–Crippen LogP) is 3.84. The molecule has 0 saturated carbocycles. The number of amides is 1. The lowest BCUT2D eigenvalue weighted by molar-refractivity contribution is -0.141. The molecule has 0 fully saturated rings. The number of carbonyl (C=O) groups excluding carboxylic acids is 1. The molecule has 0 saturated heterocycles. The van der Waals surface area contributed by atoms with Crippen molar-refractivity contribution in [2.24, 2.45) is 0 Å². The number of aromatic nitrogens is 3. The predicted molar refractivity (Wildman–Crippen MR) is 99.9 cm³/mol. The summed E-state index contributed by atoms with van der Waals surface area (Å²) in [6.07, 6.45) is -2.03. The summed E-state index contributed by atoms with van der Waals surface area (Å²) in [5.41, 5.74) is 0.387. The lowest BCUT2D eigenvalue weighted by Crippen LogP contribution is -2.25. The van der Waals surface area contributed by atoms with E-state index in [1.807, 2.05) is 0 Å². The van der Waals surface area contributed by atoms with Crippen LogP contribution in [0.2, 0.25) is 0 Å². The van der Waals surface area contributed by atoms with Gasteiger partial charge in [0.2, 0.25) is 5.91 Å². The van der Waals surface area contributed by atoms with Crippen LogP contribution in [0.1, 0.15) is 29.3 Å². The van der Waals surface area contributed by atoms with Gasteiger partial charge in [0.05, 0.1) is 48.2 Å². The minimum Gasteiger partial charge on any atom is -0.350 e. The molecule has 0 atom stereocenters. The van der Waals surface area contributed by atoms with Crippen LogP contribution in [0, 0.1) is 11.3 Å². The van der Waals surface area contributed by atoms with Crippen molar-refractivity contribution >= 4 is 16.8 Å². The maximum atomic E-state index is 13.5. The number of nitrogens with one attached hydrogen (secondary N) is 1. The first kappa shape index (κ1) is 22.1. The van der Waals surface area contributed by atoms with Gasteiger partial charge in [-0.15, -0.1) is 0 Å². The van der Waals surface area contributed by atoms with Gasteiger partial charge in [-0.2, -0.15) is 23.5 Å². The fraction of sp³-hybridized carbons (Fsp3) is 0.300. The Morgan fingerprint density at radius 1 is 1.19 bits per heavy atom. The van der Waals surface area contributed by atoms with Crippen molar-refractivity contribution in [3.63, 3.8) is 0 Å². The van der Waals surface area contributed by atoms with Crippen LogP contribution in [0.15, 0.2) is 36.7 Å². The van der Waals surface area contributed by atoms with Crippen molar-refractivity contribution in [1.29, 1.82) is 5.26 Å². The van der Waals surface area contributed by atoms with Crippen LogP contribution in [-0.4, -0.2) is 26.8 Å². The number of rotatable bonds is 6. The molecule has 0 bridgehead atoms. The molecular formula is C20H16F5N5O. The van der Waals surface area contributed by atoms with Gasteiger partial charge in [0.25, 0.3) is 5.92 Å². The Labute approximate surface area is 173 Å². The zero-order chi connectivity index (χ0) is 22.8. The van der Waals surface area contributed by atoms with Gasteiger partial charge in [-0.25, -0.2) is 8.78 Å². The van der Waals surface area contributed by atoms with E-state index >= 15 is 0 Å². The molecule has 0 aliphatic rings. The standard InChI is InChI=1S/C20H16F5N5O/c1-19(21,22)16-3-2-12(4-13(16)7-26)5-18(31)28-9-15-6-14-8-29-30(11-20(23,24)25)17(14)10-27-15/h2-4,6,8,10H,5,9,11H2,1H3,(H,28,31). The molecule has 2 heterocycles. The highest BCUT2D eigenvalue weighted by molar-refractivity contribution is 5.80. The highest BCUT2D eigenvalue weighted by Gasteiger charge is 2.29. The van der Waals surface area contributed by atoms with E-state index in [9.17, 15) is 26.7 Å². The van der Waals surface area contributed by atoms with Gasteiger partial charge in [0.1, 0.15) is 6.54 Å². The molecule has 1 aromatic carbocycles. The number of hydrogen-bond donors (Lipinski definition) is 1. The number of hydrogen-bond acceptors (Lipinski definition) is 4. The van der Waals surface area contributed by atoms with Crippen LogP contribution >= 0.6 is 0 Å². The lowest BCUT2D eigenvalue weighted by atomic mass is 9.99. The Kier molecular flexibility index (Phi) is 5.92. The third kappa shape index (κ3) is 5.53. The van der Waals surface area contributed by atoms with E-state index < -0.39 is 30.1 Å². The molecular weight excluding hydrogens is 421 g/mol. The van der Waals surface area contributed by atoms with Crippen LogP contribution in [0.3, 0.4) is 0 Å². The third-order valence-corrected chi connectivity index (χ3v) is 4.42. The van der Waals surface area contributed by atoms with Gasteiger partial charge < -0.3 is 5.32 Å². The molecule has 0 aliphatic heterocycles. The van der Waals surface area contributed by atoms with Gasteiger partial charge in [-0.3, -0.25) is 14.5 Å². The average molecular weight is 437 g/mol. The minimum absolute atomic E-state index is 0.00937. The fourth-order valence-corrected chi connectivity index (χ4v) is 3.03. The maximum absolute atomic E-state index is 13.5. The lowest BCUT2D eigenvalue weighted by Gasteiger charge is -2.13. The summed E-state index contributed by atoms with van der Waals surface area (Å²) in [5.74, 6) is -3.61. The van der Waals surface area contributed by atoms with Gasteiger partial charge >= 0.3 is 6.18 Å². The fourth-order valence-electron chi connectivity index (χ4n) is 3.03. The first-order valence-corrected chi connectivity index (χ1v) is 9.01. The molecule has 3 rings (SSSR count). The molecule has 1 N–H and O–H groups in total. The summed E-state index contributed by atoms with van der Waals surface area (Å²) >= 11 is 0. The third-order valence-electron chi connectivity index (χ3n) is 4.42. The van der Waals surface area contributed by atoms with E-state index in [2.05, 4.69) is 15.4 Å². The number of alkyl halides is 5. The van der Waals surface area contributed by atoms with Crippen LogP contribution in [0.4, 0.5) is 22.0 Å². The number of fused-ring (bicyclic) bond motifs is 1. The summed E-state index contributed by atoms with van der Waals surface area (Å²) in [7, 11) is 0. The smallest absolute Gasteiger partial charge is 0.350 e. The van der Waals surface area contributed by atoms with E-state index in [4.69, 9.17) is 5.26 Å². The molecule has 0 radical (unpaired) electrons. The van der Waals surface area contributed by atoms with E-state index in [0.717, 1.165) is 10.7 Å². The monoisotopic (exact) mass is 437 g/mol. The van der Waals surface area contributed by atoms with Crippen molar-refractivity contribution in [3.8, 4) is 6.07 Å². The Hall–Kier alpha value is -3.55. The second-order valence-electron chi connectivity index (χ2n) is 6.99. The molecule has 0 unspecified atom stereocenters. The van der Waals surface area contributed by atoms with Gasteiger partial charge in [-0.05, 0) is 17.7 Å². The summed E-state index contributed by atoms with van der Waals surface area (Å²) < 4.78 is 65.5. The highest BCUT2D eigenvalue weighted by Crippen LogP contribution is 2.30. The van der Waals surface area contributed by atoms with Gasteiger partial charge in [-0.1, -0.05) is 12.1 Å². The molecule has 2 aromatic heterocycles. The SMILES string of the molecule is CC(F)(F)c1ccc(CC(=O)NCc2cc3cnn(CC(F)(F)F)c3cn2)cc1C#N. The zero-order valence-electron chi connectivity index (χ0n) is 16.2. The summed E-state index contributed by atoms with van der Waals surface area (Å²) in [4.78, 5) is 16.2. The number of benzene rings is 1. The quantitative estimate of drug-likeness (QED) is 0.594. The number of carbonyl (C=O) groups is 1. The molecule has 11 heteroatoms. The second-order valence-corrected chi connectivity index (χ2v) is 6.99. The van der Waals surface area contributed by atoms with Gasteiger partial charge in [0.15, 0.2) is 0 Å². The highest BCUT2D eigenvalue weighted by atomic mass is 19.4. The Bertz CT molecular complexity index is 1160. The number of nitrogens with zero attached hydrogens (tertiary/aromatic N) is 4. The Morgan fingerprint density at radius 2 is 1.94 bits per heavy atom. The van der Waals surface area contributed by atoms with Crippen LogP contribution in [-0.2, 0) is 30.2 Å². The van der Waals surface area contributed by atoms with Crippen molar-refractivity contribution < 1.29 is 26.7 Å². The topological polar surface area (TPSA) is 83.6 Å². The van der Waals surface area contributed by atoms with Crippen LogP contribution in [0.5, 0.6) is 0 Å². The van der Waals surface area contributed by atoms with E-state index in [1.54, 1.807) is 6.07 Å². The molecule has 6 nitrogen and oxygen atoms in total. The summed E-state index contributed by atoms with van der Waals surface area (Å²) in [5, 5.41) is 15.8. The average Bonchev–Trinajstić information content (AvgIpc) is 3.05. The van der Waals surface area contributed by atoms with Crippen molar-refractivity contribution in [2.45, 2.75) is 38.5 Å². The van der Waals surface area contributed by atoms with E-state index in [-0.39, 0.29) is 24.0 Å². The normalized spacial score (nSPS) is 12.0. The first-order chi connectivity index (χ1) is 14.5. The largest absolute Gasteiger partial charge is 0.408 e. The second kappa shape index (κ2) is 8.29. The van der Waals surface area contributed by atoms with Crippen LogP contribution < -0.4 is 5.32 Å². The van der Waals surface area contributed by atoms with Crippen molar-refractivity contribution in [1.82, 2.24) is 20.1 Å². The zero-order valence-corrected chi connectivity index (χ0v) is 16.2. The molecule has 162 valence electrons. The van der Waals surface area contributed by atoms with Crippen molar-refractivity contribution in [2.75, 3.05) is 0 Å². The Morgan fingerprint density at radius 3 is 2.58 bits per heavy atom. The summed E-state index contributed by atoms with van der Waals surface area (Å²) in [6, 6.07) is 6.94. The van der Waals surface area contributed by atoms with E-state index in [0.29, 0.717) is 23.6 Å². The number of pyridine rings is 1.